The Morgan fingerprint density at radius 2 is 1.68 bits per heavy atom. The lowest BCUT2D eigenvalue weighted by atomic mass is 10.1. The van der Waals surface area contributed by atoms with Crippen molar-refractivity contribution < 1.29 is 14.6 Å². The number of aromatic hydroxyl groups is 1. The molecule has 8 nitrogen and oxygen atoms in total. The zero-order valence-corrected chi connectivity index (χ0v) is 16.5. The molecule has 0 aliphatic heterocycles. The van der Waals surface area contributed by atoms with Gasteiger partial charge >= 0.3 is 0 Å². The Bertz CT molecular complexity index is 1470. The van der Waals surface area contributed by atoms with Crippen LogP contribution in [0.25, 0.3) is 27.5 Å². The number of fused-ring (bicyclic) bond motifs is 3. The highest BCUT2D eigenvalue weighted by atomic mass is 16.5. The third-order valence-corrected chi connectivity index (χ3v) is 5.02. The lowest BCUT2D eigenvalue weighted by Crippen LogP contribution is -2.08. The molecule has 0 fully saturated rings. The van der Waals surface area contributed by atoms with Gasteiger partial charge in [-0.3, -0.25) is 4.79 Å². The summed E-state index contributed by atoms with van der Waals surface area (Å²) in [4.78, 5) is 15.4. The molecule has 0 unspecified atom stereocenters. The van der Waals surface area contributed by atoms with Gasteiger partial charge < -0.3 is 25.3 Å². The fourth-order valence-corrected chi connectivity index (χ4v) is 3.56. The average molecular weight is 414 g/mol. The number of benzene rings is 3. The second kappa shape index (κ2) is 7.10. The van der Waals surface area contributed by atoms with E-state index in [-0.39, 0.29) is 17.0 Å². The van der Waals surface area contributed by atoms with Gasteiger partial charge in [0.15, 0.2) is 0 Å². The first-order chi connectivity index (χ1) is 15.0. The molecule has 3 aromatic carbocycles. The molecule has 0 saturated carbocycles. The van der Waals surface area contributed by atoms with Crippen LogP contribution in [0.4, 0.5) is 5.82 Å². The summed E-state index contributed by atoms with van der Waals surface area (Å²) in [5.41, 5.74) is 7.24. The number of H-pyrrole nitrogens is 1. The number of nitrogens with one attached hydrogen (secondary N) is 1. The van der Waals surface area contributed by atoms with Gasteiger partial charge in [-0.1, -0.05) is 18.2 Å². The molecule has 0 saturated heterocycles. The molecular weight excluding hydrogens is 396 g/mol. The average Bonchev–Trinajstić information content (AvgIpc) is 3.12. The summed E-state index contributed by atoms with van der Waals surface area (Å²) in [6.45, 7) is 0. The number of phenols is 1. The topological polar surface area (TPSA) is 115 Å². The second-order valence-electron chi connectivity index (χ2n) is 6.95. The van der Waals surface area contributed by atoms with Crippen LogP contribution in [0.15, 0.2) is 71.5 Å². The number of nitrogens with two attached hydrogens (primary N) is 1. The van der Waals surface area contributed by atoms with Gasteiger partial charge in [0.1, 0.15) is 39.7 Å². The standard InChI is InChI=1S/C23H18N4O4/c1-30-16-11-17-19(18(28)12-16)21-20(23(29)25-17)22(24)27(26-21)13-7-9-15(10-8-13)31-14-5-3-2-4-6-14/h2-12,28H,24H2,1H3,(H,25,29). The zero-order chi connectivity index (χ0) is 21.5. The summed E-state index contributed by atoms with van der Waals surface area (Å²) in [6, 6.07) is 19.7. The Hall–Kier alpha value is -4.46. The van der Waals surface area contributed by atoms with E-state index in [0.717, 1.165) is 5.75 Å². The molecule has 2 heterocycles. The van der Waals surface area contributed by atoms with Crippen molar-refractivity contribution in [2.75, 3.05) is 12.8 Å². The minimum atomic E-state index is -0.400. The monoisotopic (exact) mass is 414 g/mol. The highest BCUT2D eigenvalue weighted by molar-refractivity contribution is 6.09. The number of methoxy groups -OCH3 is 1. The summed E-state index contributed by atoms with van der Waals surface area (Å²) < 4.78 is 12.4. The molecular formula is C23H18N4O4. The number of hydrogen-bond donors (Lipinski definition) is 3. The number of pyridine rings is 1. The van der Waals surface area contributed by atoms with Gasteiger partial charge in [0.2, 0.25) is 0 Å². The van der Waals surface area contributed by atoms with Crippen LogP contribution in [0, 0.1) is 0 Å². The van der Waals surface area contributed by atoms with E-state index >= 15 is 0 Å². The van der Waals surface area contributed by atoms with E-state index in [1.54, 1.807) is 30.3 Å². The number of phenolic OH excluding ortho intramolecular Hbond substituents is 1. The molecule has 5 rings (SSSR count). The summed E-state index contributed by atoms with van der Waals surface area (Å²) in [6.07, 6.45) is 0. The Morgan fingerprint density at radius 1 is 0.968 bits per heavy atom. The summed E-state index contributed by atoms with van der Waals surface area (Å²) in [5.74, 6) is 1.90. The Morgan fingerprint density at radius 3 is 2.39 bits per heavy atom. The normalized spacial score (nSPS) is 11.1. The van der Waals surface area contributed by atoms with Crippen molar-refractivity contribution in [2.24, 2.45) is 0 Å². The Balaban J connectivity index is 1.62. The van der Waals surface area contributed by atoms with Gasteiger partial charge in [-0.2, -0.15) is 5.10 Å². The molecule has 0 aliphatic carbocycles. The molecule has 0 aliphatic rings. The van der Waals surface area contributed by atoms with Gasteiger partial charge in [0.25, 0.3) is 5.56 Å². The summed E-state index contributed by atoms with van der Waals surface area (Å²) in [7, 11) is 1.48. The predicted molar refractivity (Wildman–Crippen MR) is 118 cm³/mol. The molecule has 5 aromatic rings. The number of anilines is 1. The van der Waals surface area contributed by atoms with Crippen LogP contribution in [0.3, 0.4) is 0 Å². The van der Waals surface area contributed by atoms with Crippen LogP contribution in [0.2, 0.25) is 0 Å². The van der Waals surface area contributed by atoms with Crippen LogP contribution in [-0.2, 0) is 0 Å². The van der Waals surface area contributed by atoms with Crippen molar-refractivity contribution in [2.45, 2.75) is 0 Å². The number of aromatic nitrogens is 3. The summed E-state index contributed by atoms with van der Waals surface area (Å²) >= 11 is 0. The Kier molecular flexibility index (Phi) is 4.25. The maximum absolute atomic E-state index is 12.7. The number of para-hydroxylation sites is 1. The molecule has 2 aromatic heterocycles. The van der Waals surface area contributed by atoms with Crippen molar-refractivity contribution in [1.82, 2.24) is 14.8 Å². The maximum atomic E-state index is 12.7. The molecule has 31 heavy (non-hydrogen) atoms. The quantitative estimate of drug-likeness (QED) is 0.410. The molecule has 0 atom stereocenters. The van der Waals surface area contributed by atoms with Crippen LogP contribution in [0.1, 0.15) is 0 Å². The van der Waals surface area contributed by atoms with Gasteiger partial charge in [0, 0.05) is 12.1 Å². The first-order valence-electron chi connectivity index (χ1n) is 9.49. The smallest absolute Gasteiger partial charge is 0.261 e. The number of ether oxygens (including phenoxy) is 2. The maximum Gasteiger partial charge on any atom is 0.261 e. The first kappa shape index (κ1) is 18.6. The first-order valence-corrected chi connectivity index (χ1v) is 9.49. The Labute approximate surface area is 176 Å². The van der Waals surface area contributed by atoms with Gasteiger partial charge in [-0.25, -0.2) is 4.68 Å². The van der Waals surface area contributed by atoms with E-state index in [9.17, 15) is 9.90 Å². The fraction of sp³-hybridized carbons (Fsp3) is 0.0435. The minimum absolute atomic E-state index is 0.0631. The molecule has 0 spiro atoms. The number of nitrogen functional groups attached to an aromatic ring is 1. The third-order valence-electron chi connectivity index (χ3n) is 5.02. The molecule has 0 bridgehead atoms. The summed E-state index contributed by atoms with van der Waals surface area (Å²) in [5, 5.41) is 15.6. The molecule has 8 heteroatoms. The molecule has 0 radical (unpaired) electrons. The third kappa shape index (κ3) is 3.10. The van der Waals surface area contributed by atoms with E-state index in [4.69, 9.17) is 15.2 Å². The highest BCUT2D eigenvalue weighted by Crippen LogP contribution is 2.35. The van der Waals surface area contributed by atoms with Crippen molar-refractivity contribution >= 4 is 27.6 Å². The SMILES string of the molecule is COc1cc(O)c2c(c1)[nH]c(=O)c1c(N)n(-c3ccc(Oc4ccccc4)cc3)nc12. The van der Waals surface area contributed by atoms with Crippen molar-refractivity contribution in [3.05, 3.63) is 77.1 Å². The van der Waals surface area contributed by atoms with E-state index < -0.39 is 5.56 Å². The van der Waals surface area contributed by atoms with Crippen LogP contribution in [-0.4, -0.2) is 27.0 Å². The van der Waals surface area contributed by atoms with E-state index in [1.165, 1.54) is 17.9 Å². The van der Waals surface area contributed by atoms with Crippen molar-refractivity contribution in [3.8, 4) is 28.7 Å². The number of aromatic amines is 1. The van der Waals surface area contributed by atoms with E-state index in [0.29, 0.717) is 33.6 Å². The molecule has 154 valence electrons. The van der Waals surface area contributed by atoms with E-state index in [2.05, 4.69) is 10.1 Å². The largest absolute Gasteiger partial charge is 0.507 e. The van der Waals surface area contributed by atoms with Crippen molar-refractivity contribution in [3.63, 3.8) is 0 Å². The lowest BCUT2D eigenvalue weighted by molar-refractivity contribution is 0.409. The minimum Gasteiger partial charge on any atom is -0.507 e. The molecule has 0 amide bonds. The fourth-order valence-electron chi connectivity index (χ4n) is 3.56. The molecule has 4 N–H and O–H groups in total. The lowest BCUT2D eigenvalue weighted by Gasteiger charge is -2.07. The van der Waals surface area contributed by atoms with Gasteiger partial charge in [-0.15, -0.1) is 0 Å². The van der Waals surface area contributed by atoms with Gasteiger partial charge in [-0.05, 0) is 36.4 Å². The van der Waals surface area contributed by atoms with Crippen LogP contribution in [0.5, 0.6) is 23.0 Å². The number of rotatable bonds is 4. The highest BCUT2D eigenvalue weighted by Gasteiger charge is 2.19. The number of hydrogen-bond acceptors (Lipinski definition) is 6. The zero-order valence-electron chi connectivity index (χ0n) is 16.5. The van der Waals surface area contributed by atoms with Crippen LogP contribution < -0.4 is 20.8 Å². The second-order valence-corrected chi connectivity index (χ2v) is 6.95. The van der Waals surface area contributed by atoms with Gasteiger partial charge in [0.05, 0.1) is 23.7 Å². The number of nitrogens with zero attached hydrogens (tertiary/aromatic N) is 2. The predicted octanol–water partition coefficient (Wildman–Crippen LogP) is 3.96. The van der Waals surface area contributed by atoms with Crippen LogP contribution >= 0.6 is 0 Å². The van der Waals surface area contributed by atoms with Crippen molar-refractivity contribution in [1.29, 1.82) is 0 Å². The van der Waals surface area contributed by atoms with E-state index in [1.807, 2.05) is 30.3 Å².